The molecule has 29 heavy (non-hydrogen) atoms. The van der Waals surface area contributed by atoms with E-state index >= 15 is 0 Å². The lowest BCUT2D eigenvalue weighted by atomic mass is 10.1. The lowest BCUT2D eigenvalue weighted by molar-refractivity contribution is 0.0955. The summed E-state index contributed by atoms with van der Waals surface area (Å²) in [5.74, 6) is 1.06. The van der Waals surface area contributed by atoms with Gasteiger partial charge in [-0.15, -0.1) is 5.10 Å². The average Bonchev–Trinajstić information content (AvgIpc) is 3.27. The van der Waals surface area contributed by atoms with E-state index < -0.39 is 0 Å². The number of carbonyl (C=O) groups is 1. The standard InChI is InChI=1S/C21H24N6O2/c1-15(2)11-12-29-20-9-7-17(8-10-20)21(28)24-23-16(3)18-5-4-6-19(13-18)27-14-22-25-26-27/h4-10,13-15H,11-12H2,1-3H3,(H,24,28)/b23-16-. The lowest BCUT2D eigenvalue weighted by Crippen LogP contribution is -2.19. The summed E-state index contributed by atoms with van der Waals surface area (Å²) in [4.78, 5) is 12.4. The molecule has 1 heterocycles. The van der Waals surface area contributed by atoms with Gasteiger partial charge in [-0.3, -0.25) is 4.79 Å². The molecule has 0 atom stereocenters. The normalized spacial score (nSPS) is 11.5. The molecule has 8 nitrogen and oxygen atoms in total. The van der Waals surface area contributed by atoms with Crippen molar-refractivity contribution in [3.05, 3.63) is 66.0 Å². The topological polar surface area (TPSA) is 94.3 Å². The van der Waals surface area contributed by atoms with E-state index in [4.69, 9.17) is 4.74 Å². The maximum Gasteiger partial charge on any atom is 0.271 e. The van der Waals surface area contributed by atoms with Gasteiger partial charge in [-0.2, -0.15) is 5.10 Å². The van der Waals surface area contributed by atoms with E-state index in [2.05, 4.69) is 39.9 Å². The first-order chi connectivity index (χ1) is 14.0. The number of hydrazone groups is 1. The van der Waals surface area contributed by atoms with Gasteiger partial charge in [0.05, 0.1) is 18.0 Å². The molecule has 1 aromatic heterocycles. The summed E-state index contributed by atoms with van der Waals surface area (Å²) in [6.07, 6.45) is 2.51. The Morgan fingerprint density at radius 2 is 1.97 bits per heavy atom. The van der Waals surface area contributed by atoms with E-state index in [0.29, 0.717) is 23.8 Å². The largest absolute Gasteiger partial charge is 0.494 e. The number of nitrogens with zero attached hydrogens (tertiary/aromatic N) is 5. The smallest absolute Gasteiger partial charge is 0.271 e. The predicted octanol–water partition coefficient (Wildman–Crippen LogP) is 3.24. The Balaban J connectivity index is 1.60. The summed E-state index contributed by atoms with van der Waals surface area (Å²) in [5.41, 5.74) is 5.43. The maximum atomic E-state index is 12.4. The Kier molecular flexibility index (Phi) is 6.67. The molecule has 150 valence electrons. The highest BCUT2D eigenvalue weighted by Crippen LogP contribution is 2.14. The molecule has 8 heteroatoms. The number of tetrazole rings is 1. The number of ether oxygens (including phenoxy) is 1. The van der Waals surface area contributed by atoms with Crippen LogP contribution in [-0.4, -0.2) is 38.4 Å². The van der Waals surface area contributed by atoms with Crippen molar-refractivity contribution < 1.29 is 9.53 Å². The number of benzene rings is 2. The molecule has 0 bridgehead atoms. The molecule has 3 aromatic rings. The molecule has 1 amide bonds. The minimum Gasteiger partial charge on any atom is -0.494 e. The second kappa shape index (κ2) is 9.59. The van der Waals surface area contributed by atoms with Gasteiger partial charge in [0.1, 0.15) is 12.1 Å². The number of nitrogens with one attached hydrogen (secondary N) is 1. The molecular weight excluding hydrogens is 368 g/mol. The molecule has 0 fully saturated rings. The summed E-state index contributed by atoms with van der Waals surface area (Å²) >= 11 is 0. The zero-order chi connectivity index (χ0) is 20.6. The van der Waals surface area contributed by atoms with Crippen LogP contribution in [0.25, 0.3) is 5.69 Å². The number of hydrogen-bond donors (Lipinski definition) is 1. The maximum absolute atomic E-state index is 12.4. The van der Waals surface area contributed by atoms with E-state index in [1.807, 2.05) is 31.2 Å². The third-order valence-corrected chi connectivity index (χ3v) is 4.28. The average molecular weight is 392 g/mol. The fourth-order valence-corrected chi connectivity index (χ4v) is 2.53. The van der Waals surface area contributed by atoms with Crippen LogP contribution >= 0.6 is 0 Å². The van der Waals surface area contributed by atoms with Crippen molar-refractivity contribution in [1.82, 2.24) is 25.6 Å². The summed E-state index contributed by atoms with van der Waals surface area (Å²) in [6.45, 7) is 6.80. The van der Waals surface area contributed by atoms with Gasteiger partial charge >= 0.3 is 0 Å². The van der Waals surface area contributed by atoms with Gasteiger partial charge in [0.25, 0.3) is 5.91 Å². The van der Waals surface area contributed by atoms with E-state index in [9.17, 15) is 4.79 Å². The van der Waals surface area contributed by atoms with Crippen molar-refractivity contribution in [3.8, 4) is 11.4 Å². The van der Waals surface area contributed by atoms with Gasteiger partial charge in [-0.25, -0.2) is 10.1 Å². The third-order valence-electron chi connectivity index (χ3n) is 4.28. The summed E-state index contributed by atoms with van der Waals surface area (Å²) in [6, 6.07) is 14.6. The summed E-state index contributed by atoms with van der Waals surface area (Å²) in [5, 5.41) is 15.3. The number of carbonyl (C=O) groups excluding carboxylic acids is 1. The Hall–Kier alpha value is -3.55. The zero-order valence-corrected chi connectivity index (χ0v) is 16.7. The van der Waals surface area contributed by atoms with Crippen LogP contribution in [0.1, 0.15) is 43.1 Å². The zero-order valence-electron chi connectivity index (χ0n) is 16.7. The van der Waals surface area contributed by atoms with Crippen LogP contribution in [0.5, 0.6) is 5.75 Å². The predicted molar refractivity (Wildman–Crippen MR) is 110 cm³/mol. The van der Waals surface area contributed by atoms with Crippen molar-refractivity contribution in [3.63, 3.8) is 0 Å². The fraction of sp³-hybridized carbons (Fsp3) is 0.286. The van der Waals surface area contributed by atoms with Gasteiger partial charge in [0, 0.05) is 5.56 Å². The highest BCUT2D eigenvalue weighted by Gasteiger charge is 2.07. The van der Waals surface area contributed by atoms with E-state index in [-0.39, 0.29) is 5.91 Å². The van der Waals surface area contributed by atoms with Crippen LogP contribution in [0.15, 0.2) is 60.0 Å². The number of hydrogen-bond acceptors (Lipinski definition) is 6. The molecule has 0 unspecified atom stereocenters. The molecule has 0 spiro atoms. The molecular formula is C21H24N6O2. The fourth-order valence-electron chi connectivity index (χ4n) is 2.53. The van der Waals surface area contributed by atoms with Crippen LogP contribution < -0.4 is 10.2 Å². The van der Waals surface area contributed by atoms with Crippen molar-refractivity contribution in [2.24, 2.45) is 11.0 Å². The van der Waals surface area contributed by atoms with E-state index in [1.165, 1.54) is 6.33 Å². The monoisotopic (exact) mass is 392 g/mol. The van der Waals surface area contributed by atoms with Crippen LogP contribution in [0.4, 0.5) is 0 Å². The second-order valence-corrected chi connectivity index (χ2v) is 7.00. The minimum atomic E-state index is -0.283. The van der Waals surface area contributed by atoms with E-state index in [0.717, 1.165) is 23.4 Å². The second-order valence-electron chi connectivity index (χ2n) is 7.00. The van der Waals surface area contributed by atoms with Crippen LogP contribution in [0.2, 0.25) is 0 Å². The highest BCUT2D eigenvalue weighted by atomic mass is 16.5. The Labute approximate surface area is 169 Å². The number of amides is 1. The van der Waals surface area contributed by atoms with E-state index in [1.54, 1.807) is 28.9 Å². The number of aromatic nitrogens is 4. The molecule has 0 aliphatic rings. The van der Waals surface area contributed by atoms with Crippen LogP contribution in [-0.2, 0) is 0 Å². The van der Waals surface area contributed by atoms with Gasteiger partial charge in [-0.05, 0) is 71.7 Å². The third kappa shape index (κ3) is 5.71. The Morgan fingerprint density at radius 3 is 2.66 bits per heavy atom. The van der Waals surface area contributed by atoms with Crippen LogP contribution in [0, 0.1) is 5.92 Å². The molecule has 0 aliphatic heterocycles. The molecule has 0 saturated heterocycles. The first-order valence-corrected chi connectivity index (χ1v) is 9.44. The highest BCUT2D eigenvalue weighted by molar-refractivity contribution is 6.01. The Bertz CT molecular complexity index is 965. The molecule has 3 rings (SSSR count). The minimum absolute atomic E-state index is 0.283. The SMILES string of the molecule is C/C(=N/NC(=O)c1ccc(OCCC(C)C)cc1)c1cccc(-n2cnnn2)c1. The number of rotatable bonds is 8. The van der Waals surface area contributed by atoms with Gasteiger partial charge in [0.2, 0.25) is 0 Å². The lowest BCUT2D eigenvalue weighted by Gasteiger charge is -2.08. The van der Waals surface area contributed by atoms with Crippen LogP contribution in [0.3, 0.4) is 0 Å². The van der Waals surface area contributed by atoms with Crippen molar-refractivity contribution in [2.45, 2.75) is 27.2 Å². The molecule has 1 N–H and O–H groups in total. The summed E-state index contributed by atoms with van der Waals surface area (Å²) in [7, 11) is 0. The van der Waals surface area contributed by atoms with Crippen molar-refractivity contribution in [2.75, 3.05) is 6.61 Å². The molecule has 0 saturated carbocycles. The van der Waals surface area contributed by atoms with Gasteiger partial charge in [-0.1, -0.05) is 26.0 Å². The molecule has 2 aromatic carbocycles. The summed E-state index contributed by atoms with van der Waals surface area (Å²) < 4.78 is 7.23. The molecule has 0 aliphatic carbocycles. The van der Waals surface area contributed by atoms with Crippen molar-refractivity contribution in [1.29, 1.82) is 0 Å². The van der Waals surface area contributed by atoms with Crippen molar-refractivity contribution >= 4 is 11.6 Å². The first kappa shape index (κ1) is 20.2. The van der Waals surface area contributed by atoms with Gasteiger partial charge in [0.15, 0.2) is 0 Å². The first-order valence-electron chi connectivity index (χ1n) is 9.44. The molecule has 0 radical (unpaired) electrons. The quantitative estimate of drug-likeness (QED) is 0.469. The van der Waals surface area contributed by atoms with Gasteiger partial charge < -0.3 is 4.74 Å². The Morgan fingerprint density at radius 1 is 1.17 bits per heavy atom.